The van der Waals surface area contributed by atoms with Crippen LogP contribution in [0.2, 0.25) is 0 Å². The molecule has 1 unspecified atom stereocenters. The predicted octanol–water partition coefficient (Wildman–Crippen LogP) is 3.57. The number of aryl methyl sites for hydroxylation is 1. The minimum absolute atomic E-state index is 0.173. The number of hydrogen-bond donors (Lipinski definition) is 2. The number of furan rings is 1. The van der Waals surface area contributed by atoms with Crippen molar-refractivity contribution in [3.05, 3.63) is 89.9 Å². The third-order valence-corrected chi connectivity index (χ3v) is 3.94. The van der Waals surface area contributed by atoms with Crippen LogP contribution in [0.4, 0.5) is 5.69 Å². The maximum absolute atomic E-state index is 12.8. The van der Waals surface area contributed by atoms with E-state index in [1.165, 1.54) is 6.26 Å². The van der Waals surface area contributed by atoms with Gasteiger partial charge in [0.15, 0.2) is 5.76 Å². The molecule has 2 N–H and O–H groups in total. The Labute approximate surface area is 152 Å². The molecule has 3 aromatic rings. The Bertz CT molecular complexity index is 873. The van der Waals surface area contributed by atoms with Crippen molar-refractivity contribution < 1.29 is 14.0 Å². The predicted molar refractivity (Wildman–Crippen MR) is 99.9 cm³/mol. The van der Waals surface area contributed by atoms with Crippen molar-refractivity contribution in [3.8, 4) is 0 Å². The van der Waals surface area contributed by atoms with Crippen LogP contribution in [0.15, 0.2) is 77.4 Å². The van der Waals surface area contributed by atoms with Crippen molar-refractivity contribution >= 4 is 17.5 Å². The second kappa shape index (κ2) is 8.16. The zero-order chi connectivity index (χ0) is 18.4. The molecule has 5 heteroatoms. The van der Waals surface area contributed by atoms with Gasteiger partial charge in [-0.3, -0.25) is 9.59 Å². The quantitative estimate of drug-likeness (QED) is 0.715. The van der Waals surface area contributed by atoms with Crippen LogP contribution in [0.1, 0.15) is 21.7 Å². The standard InChI is InChI=1S/C21H20N2O3/c1-15-7-5-10-17(13-15)22-20(24)18(14-16-8-3-2-4-9-16)23-21(25)19-11-6-12-26-19/h2-13,18H,14H2,1H3,(H,22,24)(H,23,25). The normalized spacial score (nSPS) is 11.6. The maximum atomic E-state index is 12.8. The number of amides is 2. The first-order chi connectivity index (χ1) is 12.6. The van der Waals surface area contributed by atoms with E-state index in [1.54, 1.807) is 12.1 Å². The molecule has 2 aromatic carbocycles. The van der Waals surface area contributed by atoms with Gasteiger partial charge in [0, 0.05) is 12.1 Å². The molecule has 26 heavy (non-hydrogen) atoms. The van der Waals surface area contributed by atoms with Crippen molar-refractivity contribution in [1.29, 1.82) is 0 Å². The van der Waals surface area contributed by atoms with Crippen LogP contribution in [0.3, 0.4) is 0 Å². The van der Waals surface area contributed by atoms with E-state index in [0.29, 0.717) is 12.1 Å². The van der Waals surface area contributed by atoms with Crippen LogP contribution in [-0.4, -0.2) is 17.9 Å². The number of anilines is 1. The minimum atomic E-state index is -0.726. The molecule has 0 radical (unpaired) electrons. The maximum Gasteiger partial charge on any atom is 0.287 e. The van der Waals surface area contributed by atoms with Gasteiger partial charge in [0.05, 0.1) is 6.26 Å². The van der Waals surface area contributed by atoms with Gasteiger partial charge in [-0.1, -0.05) is 42.5 Å². The molecule has 0 aliphatic carbocycles. The van der Waals surface area contributed by atoms with Crippen molar-refractivity contribution in [2.24, 2.45) is 0 Å². The van der Waals surface area contributed by atoms with Crippen molar-refractivity contribution in [2.75, 3.05) is 5.32 Å². The summed E-state index contributed by atoms with van der Waals surface area (Å²) in [6, 6.07) is 19.6. The highest BCUT2D eigenvalue weighted by molar-refractivity contribution is 6.00. The molecule has 0 bridgehead atoms. The fourth-order valence-electron chi connectivity index (χ4n) is 2.65. The molecule has 0 saturated heterocycles. The Morgan fingerprint density at radius 1 is 1.00 bits per heavy atom. The number of carbonyl (C=O) groups excluding carboxylic acids is 2. The summed E-state index contributed by atoms with van der Waals surface area (Å²) in [5.74, 6) is -0.527. The van der Waals surface area contributed by atoms with Crippen LogP contribution in [0, 0.1) is 6.92 Å². The second-order valence-corrected chi connectivity index (χ2v) is 6.05. The molecule has 0 aliphatic heterocycles. The van der Waals surface area contributed by atoms with Gasteiger partial charge in [0.1, 0.15) is 6.04 Å². The largest absolute Gasteiger partial charge is 0.459 e. The monoisotopic (exact) mass is 348 g/mol. The lowest BCUT2D eigenvalue weighted by molar-refractivity contribution is -0.118. The Hall–Kier alpha value is -3.34. The number of carbonyl (C=O) groups is 2. The lowest BCUT2D eigenvalue weighted by Gasteiger charge is -2.18. The highest BCUT2D eigenvalue weighted by Crippen LogP contribution is 2.12. The van der Waals surface area contributed by atoms with E-state index in [9.17, 15) is 9.59 Å². The minimum Gasteiger partial charge on any atom is -0.459 e. The summed E-state index contributed by atoms with van der Waals surface area (Å²) in [5.41, 5.74) is 2.69. The molecule has 2 amide bonds. The number of nitrogens with one attached hydrogen (secondary N) is 2. The average Bonchev–Trinajstić information content (AvgIpc) is 3.17. The summed E-state index contributed by atoms with van der Waals surface area (Å²) < 4.78 is 5.12. The Morgan fingerprint density at radius 3 is 2.50 bits per heavy atom. The Morgan fingerprint density at radius 2 is 1.81 bits per heavy atom. The molecule has 3 rings (SSSR count). The van der Waals surface area contributed by atoms with Gasteiger partial charge in [0.2, 0.25) is 5.91 Å². The van der Waals surface area contributed by atoms with Crippen molar-refractivity contribution in [2.45, 2.75) is 19.4 Å². The molecule has 132 valence electrons. The fourth-order valence-corrected chi connectivity index (χ4v) is 2.65. The highest BCUT2D eigenvalue weighted by atomic mass is 16.3. The molecule has 1 aromatic heterocycles. The molecule has 0 aliphatic rings. The smallest absolute Gasteiger partial charge is 0.287 e. The topological polar surface area (TPSA) is 71.3 Å². The molecule has 1 heterocycles. The lowest BCUT2D eigenvalue weighted by Crippen LogP contribution is -2.45. The number of rotatable bonds is 6. The molecular formula is C21H20N2O3. The van der Waals surface area contributed by atoms with Gasteiger partial charge in [-0.2, -0.15) is 0 Å². The van der Waals surface area contributed by atoms with E-state index in [4.69, 9.17) is 4.42 Å². The van der Waals surface area contributed by atoms with E-state index in [-0.39, 0.29) is 11.7 Å². The van der Waals surface area contributed by atoms with Crippen LogP contribution in [0.25, 0.3) is 0 Å². The third kappa shape index (κ3) is 4.60. The SMILES string of the molecule is Cc1cccc(NC(=O)C(Cc2ccccc2)NC(=O)c2ccco2)c1. The first-order valence-corrected chi connectivity index (χ1v) is 8.37. The van der Waals surface area contributed by atoms with Crippen LogP contribution < -0.4 is 10.6 Å². The van der Waals surface area contributed by atoms with E-state index >= 15 is 0 Å². The highest BCUT2D eigenvalue weighted by Gasteiger charge is 2.23. The molecule has 0 saturated carbocycles. The summed E-state index contributed by atoms with van der Waals surface area (Å²) in [6.07, 6.45) is 1.80. The third-order valence-electron chi connectivity index (χ3n) is 3.94. The molecule has 5 nitrogen and oxygen atoms in total. The lowest BCUT2D eigenvalue weighted by atomic mass is 10.0. The van der Waals surface area contributed by atoms with E-state index in [2.05, 4.69) is 10.6 Å². The summed E-state index contributed by atoms with van der Waals surface area (Å²) in [5, 5.41) is 5.63. The van der Waals surface area contributed by atoms with Gasteiger partial charge in [0.25, 0.3) is 5.91 Å². The first kappa shape index (κ1) is 17.5. The van der Waals surface area contributed by atoms with Crippen LogP contribution >= 0.6 is 0 Å². The second-order valence-electron chi connectivity index (χ2n) is 6.05. The first-order valence-electron chi connectivity index (χ1n) is 8.37. The zero-order valence-corrected chi connectivity index (χ0v) is 14.4. The fraction of sp³-hybridized carbons (Fsp3) is 0.143. The summed E-state index contributed by atoms with van der Waals surface area (Å²) in [6.45, 7) is 1.95. The van der Waals surface area contributed by atoms with Crippen LogP contribution in [-0.2, 0) is 11.2 Å². The number of hydrogen-bond acceptors (Lipinski definition) is 3. The Kier molecular flexibility index (Phi) is 5.49. The number of benzene rings is 2. The van der Waals surface area contributed by atoms with Gasteiger partial charge in [-0.05, 0) is 42.3 Å². The van der Waals surface area contributed by atoms with Crippen molar-refractivity contribution in [3.63, 3.8) is 0 Å². The summed E-state index contributed by atoms with van der Waals surface area (Å²) in [4.78, 5) is 25.1. The summed E-state index contributed by atoms with van der Waals surface area (Å²) in [7, 11) is 0. The molecule has 0 spiro atoms. The molecule has 1 atom stereocenters. The summed E-state index contributed by atoms with van der Waals surface area (Å²) >= 11 is 0. The van der Waals surface area contributed by atoms with Crippen LogP contribution in [0.5, 0.6) is 0 Å². The van der Waals surface area contributed by atoms with E-state index < -0.39 is 11.9 Å². The van der Waals surface area contributed by atoms with Gasteiger partial charge >= 0.3 is 0 Å². The van der Waals surface area contributed by atoms with Gasteiger partial charge < -0.3 is 15.1 Å². The zero-order valence-electron chi connectivity index (χ0n) is 14.4. The Balaban J connectivity index is 1.77. The van der Waals surface area contributed by atoms with Gasteiger partial charge in [-0.15, -0.1) is 0 Å². The van der Waals surface area contributed by atoms with Gasteiger partial charge in [-0.25, -0.2) is 0 Å². The van der Waals surface area contributed by atoms with Crippen molar-refractivity contribution in [1.82, 2.24) is 5.32 Å². The van der Waals surface area contributed by atoms with E-state index in [0.717, 1.165) is 11.1 Å². The molecule has 0 fully saturated rings. The molecular weight excluding hydrogens is 328 g/mol. The van der Waals surface area contributed by atoms with E-state index in [1.807, 2.05) is 61.5 Å². The average molecular weight is 348 g/mol.